The second kappa shape index (κ2) is 13.9. The van der Waals surface area contributed by atoms with Gasteiger partial charge in [-0.05, 0) is 56.3 Å². The molecule has 0 bridgehead atoms. The van der Waals surface area contributed by atoms with Crippen molar-refractivity contribution in [3.05, 3.63) is 83.0 Å². The fourth-order valence-corrected chi connectivity index (χ4v) is 6.60. The van der Waals surface area contributed by atoms with Gasteiger partial charge >= 0.3 is 14.0 Å². The van der Waals surface area contributed by atoms with Gasteiger partial charge in [0.25, 0.3) is 0 Å². The third kappa shape index (κ3) is 8.74. The van der Waals surface area contributed by atoms with Crippen LogP contribution in [-0.4, -0.2) is 56.1 Å². The van der Waals surface area contributed by atoms with Crippen molar-refractivity contribution in [2.24, 2.45) is 0 Å². The van der Waals surface area contributed by atoms with Crippen molar-refractivity contribution >= 4 is 42.8 Å². The normalized spacial score (nSPS) is 15.4. The third-order valence-corrected chi connectivity index (χ3v) is 8.82. The first kappa shape index (κ1) is 35.1. The molecule has 1 saturated heterocycles. The number of benzene rings is 2. The lowest BCUT2D eigenvalue weighted by Gasteiger charge is -2.48. The van der Waals surface area contributed by atoms with Crippen molar-refractivity contribution in [3.63, 3.8) is 0 Å². The number of halogens is 3. The van der Waals surface area contributed by atoms with Gasteiger partial charge in [-0.3, -0.25) is 18.9 Å². The molecular weight excluding hydrogens is 644 g/mol. The Morgan fingerprint density at radius 3 is 2.48 bits per heavy atom. The zero-order chi connectivity index (χ0) is 32.4. The maximum absolute atomic E-state index is 13.4. The van der Waals surface area contributed by atoms with Crippen LogP contribution in [0.4, 0.5) is 30.6 Å². The molecule has 252 valence electrons. The number of carbonyl (C=O) groups excluding carboxylic acids is 1. The largest absolute Gasteiger partial charge is 0.472 e. The zero-order valence-electron chi connectivity index (χ0n) is 24.5. The highest BCUT2D eigenvalue weighted by atomic mass is 32.2. The number of H-pyrrole nitrogens is 1. The number of phosphoric acid groups is 1. The van der Waals surface area contributed by atoms with Crippen LogP contribution in [-0.2, 0) is 26.2 Å². The number of anilines is 3. The zero-order valence-corrected chi connectivity index (χ0v) is 26.2. The van der Waals surface area contributed by atoms with Crippen LogP contribution in [0.3, 0.4) is 0 Å². The van der Waals surface area contributed by atoms with Crippen LogP contribution in [0.2, 0.25) is 0 Å². The molecule has 0 amide bonds. The lowest BCUT2D eigenvalue weighted by atomic mass is 9.97. The predicted octanol–water partition coefficient (Wildman–Crippen LogP) is 7.95. The van der Waals surface area contributed by atoms with Gasteiger partial charge in [0.1, 0.15) is 17.2 Å². The number of aromatic nitrogens is 4. The van der Waals surface area contributed by atoms with E-state index in [9.17, 15) is 27.4 Å². The Morgan fingerprint density at radius 1 is 1.15 bits per heavy atom. The summed E-state index contributed by atoms with van der Waals surface area (Å²) in [5.41, 5.74) is -0.852. The molecule has 2 aromatic heterocycles. The first-order valence-electron chi connectivity index (χ1n) is 13.8. The number of phosphoric ester groups is 1. The standard InChI is InChI=1S/C29H30F3N6O5PS.CH4.3H2/c1-4-42-44(40,41)43-28(3)16-38(17-28)26-15-24(33-25-13-18(2)36-37-25)34-27(35-26)45-20-11-9-19(10-12-20)14-23(39)21-7-5-6-8-22(21)29(30,31)32;;;;/h5-13,15H,4,14,16-17H2,1-3H3,(H,40,41)(H2,33,34,35,36,37);1H4;3*1H. The number of hydrogen-bond donors (Lipinski definition) is 3. The number of nitrogens with one attached hydrogen (secondary N) is 2. The van der Waals surface area contributed by atoms with Gasteiger partial charge in [-0.1, -0.05) is 37.8 Å². The lowest BCUT2D eigenvalue weighted by molar-refractivity contribution is -0.137. The van der Waals surface area contributed by atoms with E-state index in [1.807, 2.05) is 17.9 Å². The Kier molecular flexibility index (Phi) is 10.6. The Balaban J connectivity index is 0.00000300. The molecule has 0 spiro atoms. The topological polar surface area (TPSA) is 143 Å². The van der Waals surface area contributed by atoms with Crippen LogP contribution < -0.4 is 10.2 Å². The number of carbonyl (C=O) groups is 1. The van der Waals surface area contributed by atoms with E-state index in [1.165, 1.54) is 30.0 Å². The maximum Gasteiger partial charge on any atom is 0.472 e. The number of Topliss-reactive ketones (excluding diaryl/α,β-unsaturated/α-hetero) is 1. The van der Waals surface area contributed by atoms with Gasteiger partial charge in [0.15, 0.2) is 16.8 Å². The Bertz CT molecular complexity index is 1750. The third-order valence-electron chi connectivity index (χ3n) is 6.69. The van der Waals surface area contributed by atoms with Crippen LogP contribution in [0.1, 0.15) is 52.7 Å². The first-order valence-corrected chi connectivity index (χ1v) is 16.1. The summed E-state index contributed by atoms with van der Waals surface area (Å²) in [7, 11) is -4.21. The van der Waals surface area contributed by atoms with Gasteiger partial charge in [-0.15, -0.1) is 0 Å². The van der Waals surface area contributed by atoms with E-state index in [1.54, 1.807) is 44.2 Å². The summed E-state index contributed by atoms with van der Waals surface area (Å²) in [6, 6.07) is 15.1. The molecule has 46 heavy (non-hydrogen) atoms. The number of aromatic amines is 1. The van der Waals surface area contributed by atoms with Crippen LogP contribution in [0.25, 0.3) is 0 Å². The minimum atomic E-state index is -4.63. The molecule has 1 aliphatic heterocycles. The average molecular weight is 685 g/mol. The minimum Gasteiger partial charge on any atom is -0.350 e. The smallest absolute Gasteiger partial charge is 0.350 e. The summed E-state index contributed by atoms with van der Waals surface area (Å²) in [5, 5.41) is 10.6. The molecule has 1 atom stereocenters. The van der Waals surface area contributed by atoms with Crippen molar-refractivity contribution in [1.82, 2.24) is 20.2 Å². The molecule has 1 unspecified atom stereocenters. The van der Waals surface area contributed by atoms with Crippen molar-refractivity contribution < 1.29 is 40.8 Å². The summed E-state index contributed by atoms with van der Waals surface area (Å²) < 4.78 is 62.6. The number of hydrogen-bond acceptors (Lipinski definition) is 10. The Morgan fingerprint density at radius 2 is 1.85 bits per heavy atom. The molecule has 2 aromatic carbocycles. The summed E-state index contributed by atoms with van der Waals surface area (Å²) in [4.78, 5) is 34.6. The molecule has 3 heterocycles. The Labute approximate surface area is 273 Å². The summed E-state index contributed by atoms with van der Waals surface area (Å²) >= 11 is 1.24. The highest BCUT2D eigenvalue weighted by Gasteiger charge is 2.46. The van der Waals surface area contributed by atoms with Crippen molar-refractivity contribution in [3.8, 4) is 0 Å². The summed E-state index contributed by atoms with van der Waals surface area (Å²) in [6.45, 7) is 5.74. The number of rotatable bonds is 12. The molecule has 3 N–H and O–H groups in total. The summed E-state index contributed by atoms with van der Waals surface area (Å²) in [5.74, 6) is 0.909. The van der Waals surface area contributed by atoms with Gasteiger partial charge in [0.05, 0.1) is 25.3 Å². The van der Waals surface area contributed by atoms with Gasteiger partial charge in [-0.2, -0.15) is 18.3 Å². The molecule has 0 saturated carbocycles. The SMILES string of the molecule is C.CCOP(=O)(O)OC1(C)CN(c2cc(Nc3cc(C)[nH]n3)nc(Sc3ccc(CC(=O)c4ccccc4C(F)(F)F)cc3)n2)C1.[HH].[HH].[HH]. The van der Waals surface area contributed by atoms with Gasteiger partial charge < -0.3 is 15.1 Å². The molecule has 5 rings (SSSR count). The van der Waals surface area contributed by atoms with Gasteiger partial charge in [-0.25, -0.2) is 14.5 Å². The highest BCUT2D eigenvalue weighted by molar-refractivity contribution is 7.99. The van der Waals surface area contributed by atoms with E-state index >= 15 is 0 Å². The van der Waals surface area contributed by atoms with Crippen molar-refractivity contribution in [2.45, 2.75) is 56.4 Å². The quantitative estimate of drug-likeness (QED) is 0.0760. The van der Waals surface area contributed by atoms with Crippen molar-refractivity contribution in [1.29, 1.82) is 0 Å². The first-order chi connectivity index (χ1) is 21.2. The van der Waals surface area contributed by atoms with E-state index in [0.717, 1.165) is 16.7 Å². The van der Waals surface area contributed by atoms with Crippen LogP contribution >= 0.6 is 19.6 Å². The monoisotopic (exact) mass is 684 g/mol. The van der Waals surface area contributed by atoms with Crippen LogP contribution in [0, 0.1) is 6.92 Å². The number of ketones is 1. The fraction of sp³-hybridized carbons (Fsp3) is 0.333. The highest BCUT2D eigenvalue weighted by Crippen LogP contribution is 2.50. The van der Waals surface area contributed by atoms with Crippen LogP contribution in [0.5, 0.6) is 0 Å². The van der Waals surface area contributed by atoms with Gasteiger partial charge in [0.2, 0.25) is 0 Å². The molecular formula is C30H40F3N6O5PS. The molecule has 1 aliphatic rings. The minimum absolute atomic E-state index is 0. The molecule has 0 radical (unpaired) electrons. The molecule has 4 aromatic rings. The second-order valence-electron chi connectivity index (χ2n) is 10.6. The number of aryl methyl sites for hydroxylation is 1. The van der Waals surface area contributed by atoms with Gasteiger partial charge in [0, 0.05) is 39.0 Å². The molecule has 16 heteroatoms. The molecule has 1 fully saturated rings. The predicted molar refractivity (Wildman–Crippen MR) is 175 cm³/mol. The fourth-order valence-electron chi connectivity index (χ4n) is 4.78. The number of alkyl halides is 3. The maximum atomic E-state index is 13.4. The lowest BCUT2D eigenvalue weighted by Crippen LogP contribution is -2.61. The van der Waals surface area contributed by atoms with Crippen LogP contribution in [0.15, 0.2) is 70.7 Å². The number of nitrogens with zero attached hydrogens (tertiary/aromatic N) is 4. The van der Waals surface area contributed by atoms with Crippen molar-refractivity contribution in [2.75, 3.05) is 29.9 Å². The molecule has 0 aliphatic carbocycles. The van der Waals surface area contributed by atoms with E-state index in [4.69, 9.17) is 9.05 Å². The van der Waals surface area contributed by atoms with E-state index in [2.05, 4.69) is 25.5 Å². The van der Waals surface area contributed by atoms with E-state index in [0.29, 0.717) is 28.2 Å². The Hall–Kier alpha value is -3.75. The second-order valence-corrected chi connectivity index (χ2v) is 13.0. The summed E-state index contributed by atoms with van der Waals surface area (Å²) in [6.07, 6.45) is -4.82. The molecule has 11 nitrogen and oxygen atoms in total. The van der Waals surface area contributed by atoms with E-state index < -0.39 is 30.9 Å². The average Bonchev–Trinajstić information content (AvgIpc) is 3.36. The van der Waals surface area contributed by atoms with E-state index in [-0.39, 0.29) is 43.4 Å².